The number of amides is 1. The van der Waals surface area contributed by atoms with Crippen molar-refractivity contribution in [2.24, 2.45) is 0 Å². The molecule has 0 unspecified atom stereocenters. The first-order valence-electron chi connectivity index (χ1n) is 7.09. The van der Waals surface area contributed by atoms with Crippen LogP contribution in [0, 0.1) is 0 Å². The Morgan fingerprint density at radius 3 is 2.83 bits per heavy atom. The van der Waals surface area contributed by atoms with Gasteiger partial charge >= 0.3 is 0 Å². The summed E-state index contributed by atoms with van der Waals surface area (Å²) in [6, 6.07) is 8.33. The number of hydrogen-bond donors (Lipinski definition) is 1. The highest BCUT2D eigenvalue weighted by Crippen LogP contribution is 2.21. The summed E-state index contributed by atoms with van der Waals surface area (Å²) < 4.78 is 5.54. The maximum atomic E-state index is 12.1. The molecule has 122 valence electrons. The average molecular weight is 363 g/mol. The standard InChI is InChI=1S/C16H12Cl2N4O2/c17-11-3-4-12(13(18)8-11)15(23)20-7-5-14-21-22-16(24-14)10-2-1-6-19-9-10/h1-4,6,8-9H,5,7H2,(H,20,23). The first kappa shape index (κ1) is 16.4. The fourth-order valence-corrected chi connectivity index (χ4v) is 2.51. The molecule has 2 heterocycles. The molecule has 0 fully saturated rings. The topological polar surface area (TPSA) is 80.9 Å². The Hall–Kier alpha value is -2.44. The van der Waals surface area contributed by atoms with Crippen LogP contribution in [0.5, 0.6) is 0 Å². The van der Waals surface area contributed by atoms with Crippen LogP contribution in [0.2, 0.25) is 10.0 Å². The number of carbonyl (C=O) groups excluding carboxylic acids is 1. The van der Waals surface area contributed by atoms with Crippen LogP contribution in [-0.4, -0.2) is 27.6 Å². The van der Waals surface area contributed by atoms with Gasteiger partial charge in [0.1, 0.15) is 0 Å². The van der Waals surface area contributed by atoms with E-state index in [-0.39, 0.29) is 5.91 Å². The Morgan fingerprint density at radius 2 is 2.08 bits per heavy atom. The van der Waals surface area contributed by atoms with Gasteiger partial charge in [-0.3, -0.25) is 9.78 Å². The molecule has 1 N–H and O–H groups in total. The number of benzene rings is 1. The van der Waals surface area contributed by atoms with Gasteiger partial charge in [0.25, 0.3) is 5.91 Å². The van der Waals surface area contributed by atoms with Crippen LogP contribution in [0.1, 0.15) is 16.2 Å². The molecule has 0 saturated heterocycles. The molecule has 0 radical (unpaired) electrons. The molecular weight excluding hydrogens is 351 g/mol. The van der Waals surface area contributed by atoms with Crippen LogP contribution in [0.3, 0.4) is 0 Å². The van der Waals surface area contributed by atoms with Crippen molar-refractivity contribution in [2.75, 3.05) is 6.54 Å². The molecule has 3 rings (SSSR count). The number of aromatic nitrogens is 3. The van der Waals surface area contributed by atoms with Crippen molar-refractivity contribution in [1.82, 2.24) is 20.5 Å². The zero-order chi connectivity index (χ0) is 16.9. The van der Waals surface area contributed by atoms with Crippen LogP contribution in [0.25, 0.3) is 11.5 Å². The van der Waals surface area contributed by atoms with E-state index in [1.807, 2.05) is 6.07 Å². The summed E-state index contributed by atoms with van der Waals surface area (Å²) in [7, 11) is 0. The minimum absolute atomic E-state index is 0.288. The van der Waals surface area contributed by atoms with E-state index in [1.54, 1.807) is 30.6 Å². The van der Waals surface area contributed by atoms with Gasteiger partial charge in [0.15, 0.2) is 0 Å². The van der Waals surface area contributed by atoms with Crippen molar-refractivity contribution in [2.45, 2.75) is 6.42 Å². The lowest BCUT2D eigenvalue weighted by Crippen LogP contribution is -2.26. The number of pyridine rings is 1. The predicted octanol–water partition coefficient (Wildman–Crippen LogP) is 3.41. The quantitative estimate of drug-likeness (QED) is 0.751. The number of halogens is 2. The lowest BCUT2D eigenvalue weighted by atomic mass is 10.2. The van der Waals surface area contributed by atoms with E-state index in [2.05, 4.69) is 20.5 Å². The average Bonchev–Trinajstić information content (AvgIpc) is 3.04. The summed E-state index contributed by atoms with van der Waals surface area (Å²) in [4.78, 5) is 16.1. The third-order valence-corrected chi connectivity index (χ3v) is 3.72. The van der Waals surface area contributed by atoms with Gasteiger partial charge in [0.05, 0.1) is 16.1 Å². The van der Waals surface area contributed by atoms with Gasteiger partial charge in [-0.15, -0.1) is 10.2 Å². The summed E-state index contributed by atoms with van der Waals surface area (Å²) in [5.41, 5.74) is 1.11. The Kier molecular flexibility index (Phi) is 5.08. The fraction of sp³-hybridized carbons (Fsp3) is 0.125. The summed E-state index contributed by atoms with van der Waals surface area (Å²) in [6.45, 7) is 0.340. The third-order valence-electron chi connectivity index (χ3n) is 3.18. The zero-order valence-electron chi connectivity index (χ0n) is 12.4. The van der Waals surface area contributed by atoms with Gasteiger partial charge in [-0.25, -0.2) is 0 Å². The Bertz CT molecular complexity index is 852. The molecule has 0 atom stereocenters. The minimum Gasteiger partial charge on any atom is -0.421 e. The molecule has 0 saturated carbocycles. The van der Waals surface area contributed by atoms with Crippen molar-refractivity contribution in [1.29, 1.82) is 0 Å². The van der Waals surface area contributed by atoms with E-state index >= 15 is 0 Å². The largest absolute Gasteiger partial charge is 0.421 e. The number of nitrogens with zero attached hydrogens (tertiary/aromatic N) is 3. The molecule has 0 aliphatic rings. The third kappa shape index (κ3) is 3.90. The fourth-order valence-electron chi connectivity index (χ4n) is 2.01. The van der Waals surface area contributed by atoms with E-state index in [0.29, 0.717) is 40.4 Å². The molecule has 8 heteroatoms. The second-order valence-corrected chi connectivity index (χ2v) is 5.72. The first-order chi connectivity index (χ1) is 11.6. The van der Waals surface area contributed by atoms with Crippen molar-refractivity contribution in [3.05, 3.63) is 64.2 Å². The van der Waals surface area contributed by atoms with Crippen LogP contribution in [0.4, 0.5) is 0 Å². The second kappa shape index (κ2) is 7.42. The maximum Gasteiger partial charge on any atom is 0.252 e. The highest BCUT2D eigenvalue weighted by molar-refractivity contribution is 6.36. The van der Waals surface area contributed by atoms with Gasteiger partial charge in [0.2, 0.25) is 11.8 Å². The van der Waals surface area contributed by atoms with Crippen LogP contribution in [0.15, 0.2) is 47.1 Å². The van der Waals surface area contributed by atoms with E-state index in [1.165, 1.54) is 6.07 Å². The Morgan fingerprint density at radius 1 is 1.21 bits per heavy atom. The monoisotopic (exact) mass is 362 g/mol. The molecule has 2 aromatic heterocycles. The summed E-state index contributed by atoms with van der Waals surface area (Å²) in [6.07, 6.45) is 3.71. The number of nitrogens with one attached hydrogen (secondary N) is 1. The number of hydrogen-bond acceptors (Lipinski definition) is 5. The maximum absolute atomic E-state index is 12.1. The predicted molar refractivity (Wildman–Crippen MR) is 90.0 cm³/mol. The highest BCUT2D eigenvalue weighted by Gasteiger charge is 2.12. The minimum atomic E-state index is -0.288. The molecular formula is C16H12Cl2N4O2. The smallest absolute Gasteiger partial charge is 0.252 e. The molecule has 6 nitrogen and oxygen atoms in total. The van der Waals surface area contributed by atoms with Gasteiger partial charge in [0, 0.05) is 30.4 Å². The van der Waals surface area contributed by atoms with Crippen molar-refractivity contribution in [3.8, 4) is 11.5 Å². The molecule has 0 bridgehead atoms. The van der Waals surface area contributed by atoms with Gasteiger partial charge in [-0.1, -0.05) is 23.2 Å². The molecule has 3 aromatic rings. The Labute approximate surface area is 147 Å². The highest BCUT2D eigenvalue weighted by atomic mass is 35.5. The van der Waals surface area contributed by atoms with Gasteiger partial charge < -0.3 is 9.73 Å². The van der Waals surface area contributed by atoms with Crippen molar-refractivity contribution >= 4 is 29.1 Å². The summed E-state index contributed by atoms with van der Waals surface area (Å²) >= 11 is 11.8. The second-order valence-electron chi connectivity index (χ2n) is 4.87. The lowest BCUT2D eigenvalue weighted by molar-refractivity contribution is 0.0954. The van der Waals surface area contributed by atoms with Gasteiger partial charge in [-0.2, -0.15) is 0 Å². The van der Waals surface area contributed by atoms with Crippen LogP contribution < -0.4 is 5.32 Å². The molecule has 1 amide bonds. The molecule has 1 aromatic carbocycles. The number of carbonyl (C=O) groups is 1. The molecule has 0 aliphatic carbocycles. The van der Waals surface area contributed by atoms with E-state index in [0.717, 1.165) is 5.56 Å². The number of rotatable bonds is 5. The zero-order valence-corrected chi connectivity index (χ0v) is 13.9. The lowest BCUT2D eigenvalue weighted by Gasteiger charge is -2.05. The first-order valence-corrected chi connectivity index (χ1v) is 7.85. The van der Waals surface area contributed by atoms with E-state index < -0.39 is 0 Å². The van der Waals surface area contributed by atoms with E-state index in [4.69, 9.17) is 27.6 Å². The van der Waals surface area contributed by atoms with Crippen molar-refractivity contribution < 1.29 is 9.21 Å². The van der Waals surface area contributed by atoms with Crippen LogP contribution in [-0.2, 0) is 6.42 Å². The summed E-state index contributed by atoms with van der Waals surface area (Å²) in [5, 5.41) is 11.4. The SMILES string of the molecule is O=C(NCCc1nnc(-c2cccnc2)o1)c1ccc(Cl)cc1Cl. The molecule has 24 heavy (non-hydrogen) atoms. The van der Waals surface area contributed by atoms with Crippen LogP contribution >= 0.6 is 23.2 Å². The van der Waals surface area contributed by atoms with Crippen molar-refractivity contribution in [3.63, 3.8) is 0 Å². The molecule has 0 spiro atoms. The summed E-state index contributed by atoms with van der Waals surface area (Å²) in [5.74, 6) is 0.533. The van der Waals surface area contributed by atoms with Gasteiger partial charge in [-0.05, 0) is 30.3 Å². The molecule has 0 aliphatic heterocycles. The van der Waals surface area contributed by atoms with E-state index in [9.17, 15) is 4.79 Å². The normalized spacial score (nSPS) is 10.6. The Balaban J connectivity index is 1.57.